The monoisotopic (exact) mass is 343 g/mol. The Balaban J connectivity index is 2.36. The van der Waals surface area contributed by atoms with E-state index < -0.39 is 6.10 Å². The van der Waals surface area contributed by atoms with Crippen LogP contribution < -0.4 is 5.56 Å². The highest BCUT2D eigenvalue weighted by atomic mass is 32.2. The van der Waals surface area contributed by atoms with Crippen molar-refractivity contribution in [3.8, 4) is 5.82 Å². The number of aromatic nitrogens is 5. The third kappa shape index (κ3) is 2.74. The second-order valence-electron chi connectivity index (χ2n) is 5.18. The molecule has 0 radical (unpaired) electrons. The van der Waals surface area contributed by atoms with Gasteiger partial charge >= 0.3 is 0 Å². The number of fused-ring (bicyclic) bond motifs is 1. The van der Waals surface area contributed by atoms with Gasteiger partial charge in [-0.25, -0.2) is 24.3 Å². The van der Waals surface area contributed by atoms with Gasteiger partial charge in [0, 0.05) is 6.20 Å². The molecule has 1 atom stereocenters. The van der Waals surface area contributed by atoms with E-state index in [0.717, 1.165) is 0 Å². The minimum Gasteiger partial charge on any atom is -0.387 e. The summed E-state index contributed by atoms with van der Waals surface area (Å²) in [6.07, 6.45) is 4.34. The number of hydrogen-bond donors (Lipinski definition) is 1. The highest BCUT2D eigenvalue weighted by Crippen LogP contribution is 2.18. The van der Waals surface area contributed by atoms with E-state index in [1.165, 1.54) is 22.6 Å². The van der Waals surface area contributed by atoms with Crippen LogP contribution in [0.15, 0.2) is 47.0 Å². The van der Waals surface area contributed by atoms with E-state index in [2.05, 4.69) is 21.5 Å². The lowest BCUT2D eigenvalue weighted by Gasteiger charge is -2.12. The van der Waals surface area contributed by atoms with Crippen LogP contribution in [0.2, 0.25) is 0 Å². The maximum atomic E-state index is 12.7. The zero-order valence-corrected chi connectivity index (χ0v) is 14.2. The summed E-state index contributed by atoms with van der Waals surface area (Å²) in [5, 5.41) is 10.8. The van der Waals surface area contributed by atoms with Gasteiger partial charge in [0.25, 0.3) is 5.56 Å². The molecule has 0 aliphatic heterocycles. The van der Waals surface area contributed by atoms with Gasteiger partial charge in [0.2, 0.25) is 0 Å². The maximum Gasteiger partial charge on any atom is 0.278 e. The molecule has 0 spiro atoms. The van der Waals surface area contributed by atoms with Crippen LogP contribution in [0.1, 0.15) is 18.7 Å². The van der Waals surface area contributed by atoms with E-state index in [9.17, 15) is 9.90 Å². The van der Waals surface area contributed by atoms with E-state index >= 15 is 0 Å². The van der Waals surface area contributed by atoms with Crippen molar-refractivity contribution in [3.05, 3.63) is 53.1 Å². The Labute approximate surface area is 142 Å². The van der Waals surface area contributed by atoms with Crippen molar-refractivity contribution in [2.75, 3.05) is 6.26 Å². The van der Waals surface area contributed by atoms with Crippen molar-refractivity contribution in [3.63, 3.8) is 0 Å². The predicted octanol–water partition coefficient (Wildman–Crippen LogP) is 1.94. The van der Waals surface area contributed by atoms with Crippen LogP contribution in [0.4, 0.5) is 0 Å². The normalized spacial score (nSPS) is 12.5. The molecule has 0 unspecified atom stereocenters. The summed E-state index contributed by atoms with van der Waals surface area (Å²) >= 11 is 1.40. The second kappa shape index (κ2) is 6.58. The van der Waals surface area contributed by atoms with Gasteiger partial charge in [0.1, 0.15) is 5.39 Å². The van der Waals surface area contributed by atoms with E-state index in [1.807, 2.05) is 6.26 Å². The number of hydrogen-bond acceptors (Lipinski definition) is 6. The number of aliphatic hydroxyl groups excluding tert-OH is 1. The molecule has 0 bridgehead atoms. The first-order chi connectivity index (χ1) is 11.6. The molecule has 1 N–H and O–H groups in total. The summed E-state index contributed by atoms with van der Waals surface area (Å²) in [4.78, 5) is 25.8. The maximum absolute atomic E-state index is 12.7. The number of aliphatic hydroxyl groups is 1. The fourth-order valence-corrected chi connectivity index (χ4v) is 2.76. The van der Waals surface area contributed by atoms with Crippen LogP contribution in [0.3, 0.4) is 0 Å². The van der Waals surface area contributed by atoms with Gasteiger partial charge in [-0.15, -0.1) is 6.58 Å². The Hall–Kier alpha value is -2.45. The zero-order chi connectivity index (χ0) is 17.3. The fourth-order valence-electron chi connectivity index (χ4n) is 2.42. The van der Waals surface area contributed by atoms with Crippen LogP contribution in [-0.2, 0) is 6.54 Å². The Kier molecular flexibility index (Phi) is 4.50. The van der Waals surface area contributed by atoms with Gasteiger partial charge in [-0.1, -0.05) is 23.9 Å². The lowest BCUT2D eigenvalue weighted by molar-refractivity contribution is 0.194. The van der Waals surface area contributed by atoms with Crippen LogP contribution in [0, 0.1) is 0 Å². The van der Waals surface area contributed by atoms with E-state index in [-0.39, 0.29) is 5.56 Å². The molecular formula is C16H17N5O2S. The van der Waals surface area contributed by atoms with Gasteiger partial charge < -0.3 is 5.11 Å². The number of thioether (sulfide) groups is 1. The third-order valence-electron chi connectivity index (χ3n) is 3.54. The summed E-state index contributed by atoms with van der Waals surface area (Å²) in [7, 11) is 0. The Morgan fingerprint density at radius 3 is 2.88 bits per heavy atom. The molecular weight excluding hydrogens is 326 g/mol. The van der Waals surface area contributed by atoms with Crippen molar-refractivity contribution in [1.82, 2.24) is 24.3 Å². The molecule has 0 aliphatic carbocycles. The van der Waals surface area contributed by atoms with E-state index in [4.69, 9.17) is 0 Å². The summed E-state index contributed by atoms with van der Waals surface area (Å²) in [5.74, 6) is 0.508. The lowest BCUT2D eigenvalue weighted by Crippen LogP contribution is -2.22. The molecule has 0 saturated heterocycles. The van der Waals surface area contributed by atoms with Crippen molar-refractivity contribution in [2.45, 2.75) is 24.7 Å². The Morgan fingerprint density at radius 1 is 1.42 bits per heavy atom. The molecule has 3 aromatic rings. The Morgan fingerprint density at radius 2 is 2.21 bits per heavy atom. The second-order valence-corrected chi connectivity index (χ2v) is 5.95. The number of rotatable bonds is 5. The minimum atomic E-state index is -0.706. The van der Waals surface area contributed by atoms with Crippen LogP contribution in [0.25, 0.3) is 16.9 Å². The van der Waals surface area contributed by atoms with Gasteiger partial charge in [-0.3, -0.25) is 4.79 Å². The smallest absolute Gasteiger partial charge is 0.278 e. The predicted molar refractivity (Wildman–Crippen MR) is 93.5 cm³/mol. The largest absolute Gasteiger partial charge is 0.387 e. The van der Waals surface area contributed by atoms with Crippen molar-refractivity contribution in [2.24, 2.45) is 0 Å². The molecule has 0 aromatic carbocycles. The molecule has 7 nitrogen and oxygen atoms in total. The number of allylic oxidation sites excluding steroid dienone is 1. The SMILES string of the molecule is C=CCn1c(=O)c2cnc(SC)nc2n1-c1cccc([C@H](C)O)n1. The van der Waals surface area contributed by atoms with Gasteiger partial charge in [-0.05, 0) is 25.3 Å². The van der Waals surface area contributed by atoms with Gasteiger partial charge in [0.05, 0.1) is 18.3 Å². The molecule has 0 fully saturated rings. The first-order valence-electron chi connectivity index (χ1n) is 7.35. The molecule has 3 aromatic heterocycles. The number of nitrogens with zero attached hydrogens (tertiary/aromatic N) is 5. The summed E-state index contributed by atoms with van der Waals surface area (Å²) in [6.45, 7) is 5.66. The van der Waals surface area contributed by atoms with Crippen LogP contribution in [0.5, 0.6) is 0 Å². The number of pyridine rings is 1. The third-order valence-corrected chi connectivity index (χ3v) is 4.10. The molecule has 0 saturated carbocycles. The standard InChI is InChI=1S/C16H17N5O2S/c1-4-8-20-15(23)11-9-17-16(24-3)19-14(11)21(20)13-7-5-6-12(18-13)10(2)22/h4-7,9-10,22H,1,8H2,2-3H3/t10-/m0/s1. The quantitative estimate of drug-likeness (QED) is 0.433. The van der Waals surface area contributed by atoms with Gasteiger partial charge in [-0.2, -0.15) is 0 Å². The van der Waals surface area contributed by atoms with E-state index in [1.54, 1.807) is 35.9 Å². The minimum absolute atomic E-state index is 0.207. The molecule has 3 rings (SSSR count). The lowest BCUT2D eigenvalue weighted by atomic mass is 10.2. The average Bonchev–Trinajstić information content (AvgIpc) is 2.87. The fraction of sp³-hybridized carbons (Fsp3) is 0.250. The topological polar surface area (TPSA) is 85.8 Å². The molecule has 24 heavy (non-hydrogen) atoms. The van der Waals surface area contributed by atoms with Crippen molar-refractivity contribution < 1.29 is 5.11 Å². The first kappa shape index (κ1) is 16.4. The molecule has 3 heterocycles. The zero-order valence-electron chi connectivity index (χ0n) is 13.4. The molecule has 124 valence electrons. The molecule has 0 amide bonds. The van der Waals surface area contributed by atoms with Crippen LogP contribution in [-0.4, -0.2) is 35.7 Å². The van der Waals surface area contributed by atoms with Crippen LogP contribution >= 0.6 is 11.8 Å². The van der Waals surface area contributed by atoms with Gasteiger partial charge in [0.15, 0.2) is 16.6 Å². The van der Waals surface area contributed by atoms with Crippen molar-refractivity contribution >= 4 is 22.8 Å². The average molecular weight is 343 g/mol. The molecule has 0 aliphatic rings. The highest BCUT2D eigenvalue weighted by molar-refractivity contribution is 7.98. The van der Waals surface area contributed by atoms with Crippen molar-refractivity contribution in [1.29, 1.82) is 0 Å². The Bertz CT molecular complexity index is 961. The summed E-state index contributed by atoms with van der Waals surface area (Å²) < 4.78 is 3.15. The summed E-state index contributed by atoms with van der Waals surface area (Å²) in [6, 6.07) is 5.29. The molecule has 8 heteroatoms. The van der Waals surface area contributed by atoms with E-state index in [0.29, 0.717) is 34.2 Å². The highest BCUT2D eigenvalue weighted by Gasteiger charge is 2.18. The summed E-state index contributed by atoms with van der Waals surface area (Å²) in [5.41, 5.74) is 0.796. The first-order valence-corrected chi connectivity index (χ1v) is 8.58.